The van der Waals surface area contributed by atoms with Crippen LogP contribution in [-0.4, -0.2) is 64.5 Å². The van der Waals surface area contributed by atoms with Gasteiger partial charge in [0.15, 0.2) is 0 Å². The highest BCUT2D eigenvalue weighted by Crippen LogP contribution is 2.31. The second kappa shape index (κ2) is 9.17. The van der Waals surface area contributed by atoms with E-state index in [-0.39, 0.29) is 12.5 Å². The molecule has 1 fully saturated rings. The standard InChI is InChI=1S/C22H22BrFN4O3/c23-14-4-5-19-17(10-14)18(12-25-19)21(22(30)31)28-8-6-27(7-9-28)13-20(29)26-16-3-1-2-15(24)11-16/h1-5,10-12,21,25H,6-9,13H2,(H,26,29)(H,30,31)/t21-/m1/s1. The van der Waals surface area contributed by atoms with E-state index >= 15 is 0 Å². The molecule has 4 rings (SSSR count). The van der Waals surface area contributed by atoms with E-state index in [2.05, 4.69) is 26.2 Å². The summed E-state index contributed by atoms with van der Waals surface area (Å²) in [7, 11) is 0. The number of fused-ring (bicyclic) bond motifs is 1. The Labute approximate surface area is 187 Å². The average Bonchev–Trinajstić information content (AvgIpc) is 3.12. The summed E-state index contributed by atoms with van der Waals surface area (Å²) in [5.41, 5.74) is 2.03. The summed E-state index contributed by atoms with van der Waals surface area (Å²) in [5, 5.41) is 13.5. The molecule has 3 aromatic rings. The van der Waals surface area contributed by atoms with E-state index in [9.17, 15) is 19.1 Å². The molecule has 0 saturated carbocycles. The number of H-pyrrole nitrogens is 1. The van der Waals surface area contributed by atoms with Crippen molar-refractivity contribution >= 4 is 44.4 Å². The Morgan fingerprint density at radius 3 is 2.65 bits per heavy atom. The molecule has 1 atom stereocenters. The Hall–Kier alpha value is -2.75. The lowest BCUT2D eigenvalue weighted by molar-refractivity contribution is -0.144. The highest BCUT2D eigenvalue weighted by Gasteiger charge is 2.32. The van der Waals surface area contributed by atoms with Gasteiger partial charge in [-0.05, 0) is 36.4 Å². The lowest BCUT2D eigenvalue weighted by Crippen LogP contribution is -2.50. The van der Waals surface area contributed by atoms with Gasteiger partial charge in [0.25, 0.3) is 0 Å². The number of benzene rings is 2. The maximum atomic E-state index is 13.3. The number of nitrogens with zero attached hydrogens (tertiary/aromatic N) is 2. The van der Waals surface area contributed by atoms with Gasteiger partial charge < -0.3 is 15.4 Å². The van der Waals surface area contributed by atoms with E-state index in [4.69, 9.17) is 0 Å². The van der Waals surface area contributed by atoms with E-state index in [1.54, 1.807) is 18.3 Å². The van der Waals surface area contributed by atoms with Crippen molar-refractivity contribution in [1.82, 2.24) is 14.8 Å². The van der Waals surface area contributed by atoms with Crippen molar-refractivity contribution in [2.75, 3.05) is 38.0 Å². The average molecular weight is 489 g/mol. The predicted octanol–water partition coefficient (Wildman–Crippen LogP) is 3.45. The van der Waals surface area contributed by atoms with Gasteiger partial charge in [0.05, 0.1) is 6.54 Å². The Balaban J connectivity index is 1.40. The molecule has 0 bridgehead atoms. The van der Waals surface area contributed by atoms with Crippen molar-refractivity contribution in [3.8, 4) is 0 Å². The van der Waals surface area contributed by atoms with Gasteiger partial charge in [-0.25, -0.2) is 4.39 Å². The van der Waals surface area contributed by atoms with Crippen molar-refractivity contribution in [1.29, 1.82) is 0 Å². The fourth-order valence-corrected chi connectivity index (χ4v) is 4.34. The molecule has 3 N–H and O–H groups in total. The van der Waals surface area contributed by atoms with Crippen LogP contribution in [0, 0.1) is 5.82 Å². The fraction of sp³-hybridized carbons (Fsp3) is 0.273. The van der Waals surface area contributed by atoms with Gasteiger partial charge in [0.2, 0.25) is 5.91 Å². The van der Waals surface area contributed by atoms with Crippen LogP contribution in [0.4, 0.5) is 10.1 Å². The number of hydrogen-bond donors (Lipinski definition) is 3. The molecule has 31 heavy (non-hydrogen) atoms. The topological polar surface area (TPSA) is 88.7 Å². The first-order chi connectivity index (χ1) is 14.9. The van der Waals surface area contributed by atoms with Gasteiger partial charge in [-0.15, -0.1) is 0 Å². The van der Waals surface area contributed by atoms with Crippen LogP contribution in [-0.2, 0) is 9.59 Å². The van der Waals surface area contributed by atoms with E-state index in [1.165, 1.54) is 12.1 Å². The Kier molecular flexibility index (Phi) is 6.35. The molecule has 2 heterocycles. The number of hydrogen-bond acceptors (Lipinski definition) is 4. The number of aliphatic carboxylic acids is 1. The molecule has 0 radical (unpaired) electrons. The molecular weight excluding hydrogens is 467 g/mol. The van der Waals surface area contributed by atoms with Crippen LogP contribution in [0.25, 0.3) is 10.9 Å². The molecule has 162 valence electrons. The minimum atomic E-state index is -0.904. The second-order valence-corrected chi connectivity index (χ2v) is 8.46. The Morgan fingerprint density at radius 2 is 1.94 bits per heavy atom. The van der Waals surface area contributed by atoms with E-state index < -0.39 is 17.8 Å². The number of halogens is 2. The largest absolute Gasteiger partial charge is 0.480 e. The number of anilines is 1. The summed E-state index contributed by atoms with van der Waals surface area (Å²) < 4.78 is 14.2. The zero-order chi connectivity index (χ0) is 22.0. The van der Waals surface area contributed by atoms with E-state index in [0.717, 1.165) is 20.9 Å². The lowest BCUT2D eigenvalue weighted by Gasteiger charge is -2.37. The third-order valence-corrected chi connectivity index (χ3v) is 5.95. The number of aromatic nitrogens is 1. The van der Waals surface area contributed by atoms with Crippen LogP contribution in [0.5, 0.6) is 0 Å². The summed E-state index contributed by atoms with van der Waals surface area (Å²) in [6, 6.07) is 10.7. The maximum absolute atomic E-state index is 13.3. The number of aromatic amines is 1. The molecule has 1 aliphatic rings. The molecule has 0 aliphatic carbocycles. The van der Waals surface area contributed by atoms with E-state index in [1.807, 2.05) is 28.0 Å². The SMILES string of the molecule is O=C(CN1CCN([C@@H](C(=O)O)c2c[nH]c3ccc(Br)cc23)CC1)Nc1cccc(F)c1. The highest BCUT2D eigenvalue weighted by molar-refractivity contribution is 9.10. The molecule has 1 saturated heterocycles. The fourth-order valence-electron chi connectivity index (χ4n) is 3.98. The summed E-state index contributed by atoms with van der Waals surface area (Å²) in [4.78, 5) is 31.5. The molecule has 1 aliphatic heterocycles. The monoisotopic (exact) mass is 488 g/mol. The maximum Gasteiger partial charge on any atom is 0.325 e. The first-order valence-corrected chi connectivity index (χ1v) is 10.7. The number of carboxylic acids is 1. The van der Waals surface area contributed by atoms with Gasteiger partial charge in [0.1, 0.15) is 11.9 Å². The second-order valence-electron chi connectivity index (χ2n) is 7.55. The first-order valence-electron chi connectivity index (χ1n) is 9.92. The summed E-state index contributed by atoms with van der Waals surface area (Å²) in [5.74, 6) is -1.54. The molecule has 0 spiro atoms. The number of piperazine rings is 1. The molecule has 9 heteroatoms. The number of rotatable bonds is 6. The Morgan fingerprint density at radius 1 is 1.16 bits per heavy atom. The first kappa shape index (κ1) is 21.5. The van der Waals surface area contributed by atoms with Crippen LogP contribution in [0.3, 0.4) is 0 Å². The number of carboxylic acid groups (broad SMARTS) is 1. The van der Waals surface area contributed by atoms with Crippen LogP contribution in [0.2, 0.25) is 0 Å². The molecular formula is C22H22BrFN4O3. The quantitative estimate of drug-likeness (QED) is 0.494. The number of amides is 1. The zero-order valence-electron chi connectivity index (χ0n) is 16.6. The third-order valence-electron chi connectivity index (χ3n) is 5.45. The summed E-state index contributed by atoms with van der Waals surface area (Å²) in [6.07, 6.45) is 1.76. The van der Waals surface area contributed by atoms with Crippen LogP contribution in [0.15, 0.2) is 53.1 Å². The van der Waals surface area contributed by atoms with Crippen LogP contribution in [0.1, 0.15) is 11.6 Å². The summed E-state index contributed by atoms with van der Waals surface area (Å²) in [6.45, 7) is 2.33. The van der Waals surface area contributed by atoms with Gasteiger partial charge in [0, 0.05) is 59.0 Å². The van der Waals surface area contributed by atoms with Gasteiger partial charge in [-0.2, -0.15) is 0 Å². The summed E-state index contributed by atoms with van der Waals surface area (Å²) >= 11 is 3.45. The number of carbonyl (C=O) groups is 2. The minimum Gasteiger partial charge on any atom is -0.480 e. The van der Waals surface area contributed by atoms with Gasteiger partial charge in [-0.1, -0.05) is 22.0 Å². The zero-order valence-corrected chi connectivity index (χ0v) is 18.2. The number of nitrogens with one attached hydrogen (secondary N) is 2. The van der Waals surface area contributed by atoms with Crippen molar-refractivity contribution in [2.24, 2.45) is 0 Å². The van der Waals surface area contributed by atoms with Crippen molar-refractivity contribution in [3.63, 3.8) is 0 Å². The van der Waals surface area contributed by atoms with Crippen molar-refractivity contribution < 1.29 is 19.1 Å². The molecule has 0 unspecified atom stereocenters. The predicted molar refractivity (Wildman–Crippen MR) is 119 cm³/mol. The normalized spacial score (nSPS) is 16.3. The van der Waals surface area contributed by atoms with Crippen LogP contribution >= 0.6 is 15.9 Å². The van der Waals surface area contributed by atoms with Crippen molar-refractivity contribution in [3.05, 3.63) is 64.5 Å². The Bertz CT molecular complexity index is 1110. The molecule has 1 aromatic heterocycles. The van der Waals surface area contributed by atoms with Crippen molar-refractivity contribution in [2.45, 2.75) is 6.04 Å². The van der Waals surface area contributed by atoms with E-state index in [0.29, 0.717) is 31.9 Å². The van der Waals surface area contributed by atoms with Gasteiger partial charge in [-0.3, -0.25) is 19.4 Å². The van der Waals surface area contributed by atoms with Gasteiger partial charge >= 0.3 is 5.97 Å². The number of carbonyl (C=O) groups excluding carboxylic acids is 1. The molecule has 1 amide bonds. The minimum absolute atomic E-state index is 0.169. The molecule has 2 aromatic carbocycles. The smallest absolute Gasteiger partial charge is 0.325 e. The third kappa shape index (κ3) is 4.95. The lowest BCUT2D eigenvalue weighted by atomic mass is 10.0. The molecule has 7 nitrogen and oxygen atoms in total. The van der Waals surface area contributed by atoms with Crippen LogP contribution < -0.4 is 5.32 Å². The highest BCUT2D eigenvalue weighted by atomic mass is 79.9.